The Labute approximate surface area is 141 Å². The summed E-state index contributed by atoms with van der Waals surface area (Å²) in [5, 5.41) is 12.2. The monoisotopic (exact) mass is 348 g/mol. The molecule has 1 atom stereocenters. The minimum absolute atomic E-state index is 0.196. The smallest absolute Gasteiger partial charge is 0.191 e. The van der Waals surface area contributed by atoms with E-state index in [4.69, 9.17) is 14.1 Å². The molecule has 0 radical (unpaired) electrons. The minimum Gasteiger partial charge on any atom is -0.467 e. The largest absolute Gasteiger partial charge is 0.467 e. The summed E-state index contributed by atoms with van der Waals surface area (Å²) in [6, 6.07) is 3.83. The van der Waals surface area contributed by atoms with Crippen LogP contribution in [0.15, 0.2) is 39.7 Å². The van der Waals surface area contributed by atoms with Crippen LogP contribution in [0.2, 0.25) is 0 Å². The Hall–Kier alpha value is -1.64. The lowest BCUT2D eigenvalue weighted by Gasteiger charge is -2.04. The number of rotatable bonds is 6. The van der Waals surface area contributed by atoms with Gasteiger partial charge in [0.05, 0.1) is 18.5 Å². The van der Waals surface area contributed by atoms with Gasteiger partial charge in [0, 0.05) is 17.7 Å². The highest BCUT2D eigenvalue weighted by Gasteiger charge is 2.21. The van der Waals surface area contributed by atoms with Crippen molar-refractivity contribution >= 4 is 23.1 Å². The summed E-state index contributed by atoms with van der Waals surface area (Å²) in [6.07, 6.45) is 5.81. The fourth-order valence-corrected chi connectivity index (χ4v) is 4.30. The van der Waals surface area contributed by atoms with Crippen molar-refractivity contribution in [2.24, 2.45) is 0 Å². The van der Waals surface area contributed by atoms with E-state index in [2.05, 4.69) is 15.6 Å². The lowest BCUT2D eigenvalue weighted by molar-refractivity contribution is 0.111. The number of ether oxygens (including phenoxy) is 1. The Bertz CT molecular complexity index is 747. The topological polar surface area (TPSA) is 66.0 Å². The van der Waals surface area contributed by atoms with E-state index in [0.717, 1.165) is 46.8 Å². The number of thiazole rings is 1. The van der Waals surface area contributed by atoms with Crippen molar-refractivity contribution in [1.82, 2.24) is 19.7 Å². The zero-order valence-electron chi connectivity index (χ0n) is 12.4. The molecule has 0 aromatic carbocycles. The van der Waals surface area contributed by atoms with E-state index in [1.807, 2.05) is 16.7 Å². The van der Waals surface area contributed by atoms with Crippen molar-refractivity contribution in [3.8, 4) is 0 Å². The van der Waals surface area contributed by atoms with E-state index < -0.39 is 0 Å². The van der Waals surface area contributed by atoms with E-state index in [9.17, 15) is 0 Å². The molecule has 1 fully saturated rings. The van der Waals surface area contributed by atoms with Gasteiger partial charge in [-0.15, -0.1) is 21.5 Å². The van der Waals surface area contributed by atoms with Gasteiger partial charge in [0.1, 0.15) is 23.2 Å². The molecule has 3 aromatic heterocycles. The van der Waals surface area contributed by atoms with Gasteiger partial charge in [-0.1, -0.05) is 11.8 Å². The zero-order chi connectivity index (χ0) is 15.5. The molecule has 120 valence electrons. The predicted molar refractivity (Wildman–Crippen MR) is 87.4 cm³/mol. The van der Waals surface area contributed by atoms with Crippen molar-refractivity contribution in [2.75, 3.05) is 6.61 Å². The molecular weight excluding hydrogens is 332 g/mol. The molecule has 1 aliphatic heterocycles. The molecular formula is C15H16N4O2S2. The number of hydrogen-bond donors (Lipinski definition) is 0. The fraction of sp³-hybridized carbons (Fsp3) is 0.400. The average molecular weight is 348 g/mol. The van der Waals surface area contributed by atoms with Crippen molar-refractivity contribution in [3.63, 3.8) is 0 Å². The van der Waals surface area contributed by atoms with Gasteiger partial charge >= 0.3 is 0 Å². The summed E-state index contributed by atoms with van der Waals surface area (Å²) in [6.45, 7) is 1.49. The summed E-state index contributed by atoms with van der Waals surface area (Å²) in [7, 11) is 0. The summed E-state index contributed by atoms with van der Waals surface area (Å²) in [5.41, 5.74) is 1.07. The van der Waals surface area contributed by atoms with Crippen LogP contribution < -0.4 is 0 Å². The van der Waals surface area contributed by atoms with Crippen LogP contribution in [0.1, 0.15) is 35.4 Å². The third-order valence-electron chi connectivity index (χ3n) is 3.61. The molecule has 0 aliphatic carbocycles. The first kappa shape index (κ1) is 14.9. The Kier molecular flexibility index (Phi) is 4.45. The molecule has 23 heavy (non-hydrogen) atoms. The molecule has 0 spiro atoms. The predicted octanol–water partition coefficient (Wildman–Crippen LogP) is 3.52. The van der Waals surface area contributed by atoms with Crippen molar-refractivity contribution in [3.05, 3.63) is 46.6 Å². The molecule has 3 aromatic rings. The maximum Gasteiger partial charge on any atom is 0.191 e. The number of hydrogen-bond acceptors (Lipinski definition) is 7. The lowest BCUT2D eigenvalue weighted by atomic mass is 10.2. The van der Waals surface area contributed by atoms with E-state index in [1.54, 1.807) is 35.7 Å². The average Bonchev–Trinajstić information content (AvgIpc) is 3.34. The third kappa shape index (κ3) is 3.49. The normalized spacial score (nSPS) is 17.8. The molecule has 0 amide bonds. The van der Waals surface area contributed by atoms with Crippen LogP contribution in [0.3, 0.4) is 0 Å². The van der Waals surface area contributed by atoms with E-state index >= 15 is 0 Å². The van der Waals surface area contributed by atoms with E-state index in [0.29, 0.717) is 6.54 Å². The van der Waals surface area contributed by atoms with Gasteiger partial charge in [-0.05, 0) is 25.0 Å². The Morgan fingerprint density at radius 1 is 1.43 bits per heavy atom. The molecule has 6 nitrogen and oxygen atoms in total. The minimum atomic E-state index is 0.196. The second-order valence-corrected chi connectivity index (χ2v) is 7.12. The van der Waals surface area contributed by atoms with Gasteiger partial charge < -0.3 is 13.7 Å². The fourth-order valence-electron chi connectivity index (χ4n) is 2.48. The molecule has 8 heteroatoms. The van der Waals surface area contributed by atoms with Gasteiger partial charge in [-0.2, -0.15) is 0 Å². The van der Waals surface area contributed by atoms with Crippen LogP contribution in [0.5, 0.6) is 0 Å². The van der Waals surface area contributed by atoms with Crippen LogP contribution in [0.25, 0.3) is 0 Å². The Balaban J connectivity index is 1.38. The number of nitrogens with zero attached hydrogens (tertiary/aromatic N) is 4. The van der Waals surface area contributed by atoms with Crippen molar-refractivity contribution in [2.45, 2.75) is 36.4 Å². The standard InChI is InChI=1S/C15H16N4O2S2/c1-3-12(20-5-1)7-19-10-16-18-15(19)23-9-11-8-22-14(17-11)13-4-2-6-21-13/h1,3,5,8,10,13H,2,4,6-7,9H2. The number of thioether (sulfide) groups is 1. The van der Waals surface area contributed by atoms with Gasteiger partial charge in [0.15, 0.2) is 5.16 Å². The quantitative estimate of drug-likeness (QED) is 0.635. The van der Waals surface area contributed by atoms with Crippen molar-refractivity contribution < 1.29 is 9.15 Å². The highest BCUT2D eigenvalue weighted by molar-refractivity contribution is 7.98. The third-order valence-corrected chi connectivity index (χ3v) is 5.61. The summed E-state index contributed by atoms with van der Waals surface area (Å²) >= 11 is 3.32. The van der Waals surface area contributed by atoms with Gasteiger partial charge in [-0.3, -0.25) is 0 Å². The molecule has 0 bridgehead atoms. The highest BCUT2D eigenvalue weighted by Crippen LogP contribution is 2.32. The molecule has 4 heterocycles. The Morgan fingerprint density at radius 2 is 2.43 bits per heavy atom. The molecule has 1 aliphatic rings. The summed E-state index contributed by atoms with van der Waals surface area (Å²) < 4.78 is 13.0. The molecule has 4 rings (SSSR count). The number of furan rings is 1. The van der Waals surface area contributed by atoms with Gasteiger partial charge in [0.25, 0.3) is 0 Å². The first-order chi connectivity index (χ1) is 11.4. The SMILES string of the molecule is c1coc(Cn2cnnc2SCc2csc(C3CCCO3)n2)c1. The van der Waals surface area contributed by atoms with Crippen LogP contribution in [-0.2, 0) is 17.0 Å². The summed E-state index contributed by atoms with van der Waals surface area (Å²) in [5.74, 6) is 1.67. The first-order valence-electron chi connectivity index (χ1n) is 7.47. The van der Waals surface area contributed by atoms with Crippen LogP contribution in [0, 0.1) is 0 Å². The van der Waals surface area contributed by atoms with Crippen LogP contribution in [0.4, 0.5) is 0 Å². The molecule has 1 saturated heterocycles. The maximum atomic E-state index is 5.68. The Morgan fingerprint density at radius 3 is 3.26 bits per heavy atom. The number of aromatic nitrogens is 4. The molecule has 0 N–H and O–H groups in total. The van der Waals surface area contributed by atoms with Crippen molar-refractivity contribution in [1.29, 1.82) is 0 Å². The second kappa shape index (κ2) is 6.86. The second-order valence-electron chi connectivity index (χ2n) is 5.29. The zero-order valence-corrected chi connectivity index (χ0v) is 14.1. The van der Waals surface area contributed by atoms with E-state index in [-0.39, 0.29) is 6.10 Å². The first-order valence-corrected chi connectivity index (χ1v) is 9.34. The van der Waals surface area contributed by atoms with Crippen LogP contribution >= 0.6 is 23.1 Å². The maximum absolute atomic E-state index is 5.68. The van der Waals surface area contributed by atoms with E-state index in [1.165, 1.54) is 0 Å². The van der Waals surface area contributed by atoms with Gasteiger partial charge in [-0.25, -0.2) is 4.98 Å². The molecule has 1 unspecified atom stereocenters. The molecule has 0 saturated carbocycles. The van der Waals surface area contributed by atoms with Gasteiger partial charge in [0.2, 0.25) is 0 Å². The summed E-state index contributed by atoms with van der Waals surface area (Å²) in [4.78, 5) is 4.69. The highest BCUT2D eigenvalue weighted by atomic mass is 32.2. The van der Waals surface area contributed by atoms with Crippen LogP contribution in [-0.4, -0.2) is 26.4 Å². The lowest BCUT2D eigenvalue weighted by Crippen LogP contribution is -1.99.